The van der Waals surface area contributed by atoms with E-state index in [1.807, 2.05) is 11.3 Å². The fraction of sp³-hybridized carbons (Fsp3) is 0.692. The summed E-state index contributed by atoms with van der Waals surface area (Å²) in [6.45, 7) is 8.28. The smallest absolute Gasteiger partial charge is 0.0107 e. The number of hydrogen-bond donors (Lipinski definition) is 1. The molecule has 1 fully saturated rings. The Hall–Kier alpha value is -0.380. The predicted octanol–water partition coefficient (Wildman–Crippen LogP) is 2.15. The average molecular weight is 238 g/mol. The summed E-state index contributed by atoms with van der Waals surface area (Å²) in [4.78, 5) is 5.66. The van der Waals surface area contributed by atoms with Gasteiger partial charge in [0.25, 0.3) is 0 Å². The standard InChI is InChI=1S/C13H22N2S/c1-2-12-5-6-13(16-12)4-3-9-15-10-7-14-8-11-15/h5-6,14H,2-4,7-11H2,1H3. The summed E-state index contributed by atoms with van der Waals surface area (Å²) in [5.74, 6) is 0. The molecule has 90 valence electrons. The maximum atomic E-state index is 3.39. The number of thiophene rings is 1. The van der Waals surface area contributed by atoms with Crippen molar-refractivity contribution in [2.75, 3.05) is 32.7 Å². The summed E-state index contributed by atoms with van der Waals surface area (Å²) in [6, 6.07) is 4.59. The number of hydrogen-bond acceptors (Lipinski definition) is 3. The van der Waals surface area contributed by atoms with Crippen LogP contribution in [-0.4, -0.2) is 37.6 Å². The van der Waals surface area contributed by atoms with Crippen molar-refractivity contribution in [2.45, 2.75) is 26.2 Å². The lowest BCUT2D eigenvalue weighted by Gasteiger charge is -2.26. The Morgan fingerprint density at radius 3 is 2.69 bits per heavy atom. The normalized spacial score (nSPS) is 17.8. The van der Waals surface area contributed by atoms with Crippen molar-refractivity contribution in [3.05, 3.63) is 21.9 Å². The zero-order valence-corrected chi connectivity index (χ0v) is 11.0. The highest BCUT2D eigenvalue weighted by Gasteiger charge is 2.08. The number of nitrogens with zero attached hydrogens (tertiary/aromatic N) is 1. The average Bonchev–Trinajstić information content (AvgIpc) is 2.78. The van der Waals surface area contributed by atoms with Gasteiger partial charge in [-0.05, 0) is 37.9 Å². The highest BCUT2D eigenvalue weighted by molar-refractivity contribution is 7.11. The summed E-state index contributed by atoms with van der Waals surface area (Å²) < 4.78 is 0. The molecule has 0 atom stereocenters. The first-order chi connectivity index (χ1) is 7.88. The van der Waals surface area contributed by atoms with Gasteiger partial charge in [0.15, 0.2) is 0 Å². The maximum Gasteiger partial charge on any atom is 0.0107 e. The summed E-state index contributed by atoms with van der Waals surface area (Å²) in [5.41, 5.74) is 0. The third-order valence-electron chi connectivity index (χ3n) is 3.17. The van der Waals surface area contributed by atoms with Crippen molar-refractivity contribution in [3.8, 4) is 0 Å². The molecule has 0 spiro atoms. The molecule has 0 unspecified atom stereocenters. The fourth-order valence-electron chi connectivity index (χ4n) is 2.16. The molecule has 0 aliphatic carbocycles. The van der Waals surface area contributed by atoms with Crippen LogP contribution in [0.3, 0.4) is 0 Å². The van der Waals surface area contributed by atoms with Gasteiger partial charge in [-0.1, -0.05) is 6.92 Å². The minimum absolute atomic E-state index is 1.17. The molecular formula is C13H22N2S. The van der Waals surface area contributed by atoms with Gasteiger partial charge in [-0.25, -0.2) is 0 Å². The highest BCUT2D eigenvalue weighted by Crippen LogP contribution is 2.18. The quantitative estimate of drug-likeness (QED) is 0.845. The molecule has 1 aromatic rings. The van der Waals surface area contributed by atoms with E-state index in [4.69, 9.17) is 0 Å². The van der Waals surface area contributed by atoms with Gasteiger partial charge in [0.1, 0.15) is 0 Å². The lowest BCUT2D eigenvalue weighted by atomic mass is 10.2. The maximum absolute atomic E-state index is 3.39. The van der Waals surface area contributed by atoms with Gasteiger partial charge < -0.3 is 10.2 Å². The molecule has 2 nitrogen and oxygen atoms in total. The zero-order chi connectivity index (χ0) is 11.2. The Morgan fingerprint density at radius 1 is 1.25 bits per heavy atom. The van der Waals surface area contributed by atoms with Gasteiger partial charge >= 0.3 is 0 Å². The second-order valence-electron chi connectivity index (χ2n) is 4.42. The first kappa shape index (κ1) is 12.1. The Bertz CT molecular complexity index is 303. The van der Waals surface area contributed by atoms with E-state index in [2.05, 4.69) is 29.3 Å². The second kappa shape index (κ2) is 6.38. The molecule has 0 aromatic carbocycles. The Morgan fingerprint density at radius 2 is 2.00 bits per heavy atom. The fourth-order valence-corrected chi connectivity index (χ4v) is 3.16. The Kier molecular flexibility index (Phi) is 4.82. The van der Waals surface area contributed by atoms with Crippen LogP contribution in [0.5, 0.6) is 0 Å². The van der Waals surface area contributed by atoms with Crippen LogP contribution in [0.15, 0.2) is 12.1 Å². The minimum atomic E-state index is 1.17. The lowest BCUT2D eigenvalue weighted by molar-refractivity contribution is 0.239. The van der Waals surface area contributed by atoms with Gasteiger partial charge in [-0.2, -0.15) is 0 Å². The third kappa shape index (κ3) is 3.58. The predicted molar refractivity (Wildman–Crippen MR) is 71.3 cm³/mol. The van der Waals surface area contributed by atoms with E-state index in [-0.39, 0.29) is 0 Å². The largest absolute Gasteiger partial charge is 0.314 e. The SMILES string of the molecule is CCc1ccc(CCCN2CCNCC2)s1. The summed E-state index contributed by atoms with van der Waals surface area (Å²) in [5, 5.41) is 3.39. The van der Waals surface area contributed by atoms with Crippen LogP contribution >= 0.6 is 11.3 Å². The molecule has 2 rings (SSSR count). The number of nitrogens with one attached hydrogen (secondary N) is 1. The van der Waals surface area contributed by atoms with Gasteiger partial charge in [-0.3, -0.25) is 0 Å². The summed E-state index contributed by atoms with van der Waals surface area (Å²) >= 11 is 1.99. The van der Waals surface area contributed by atoms with Crippen LogP contribution in [0.4, 0.5) is 0 Å². The summed E-state index contributed by atoms with van der Waals surface area (Å²) in [7, 11) is 0. The van der Waals surface area contributed by atoms with Crippen LogP contribution < -0.4 is 5.32 Å². The number of piperazine rings is 1. The van der Waals surface area contributed by atoms with Crippen LogP contribution in [0.25, 0.3) is 0 Å². The molecular weight excluding hydrogens is 216 g/mol. The Balaban J connectivity index is 1.66. The molecule has 0 bridgehead atoms. The minimum Gasteiger partial charge on any atom is -0.314 e. The van der Waals surface area contributed by atoms with E-state index >= 15 is 0 Å². The number of aryl methyl sites for hydroxylation is 2. The van der Waals surface area contributed by atoms with Crippen molar-refractivity contribution in [2.24, 2.45) is 0 Å². The van der Waals surface area contributed by atoms with E-state index in [0.717, 1.165) is 0 Å². The zero-order valence-electron chi connectivity index (χ0n) is 10.2. The molecule has 1 saturated heterocycles. The van der Waals surface area contributed by atoms with Crippen molar-refractivity contribution >= 4 is 11.3 Å². The van der Waals surface area contributed by atoms with Crippen LogP contribution in [0, 0.1) is 0 Å². The van der Waals surface area contributed by atoms with E-state index in [9.17, 15) is 0 Å². The van der Waals surface area contributed by atoms with Gasteiger partial charge in [0.2, 0.25) is 0 Å². The molecule has 3 heteroatoms. The van der Waals surface area contributed by atoms with Gasteiger partial charge in [0, 0.05) is 35.9 Å². The Labute approximate surface area is 103 Å². The van der Waals surface area contributed by atoms with Crippen molar-refractivity contribution in [3.63, 3.8) is 0 Å². The lowest BCUT2D eigenvalue weighted by Crippen LogP contribution is -2.43. The van der Waals surface area contributed by atoms with Gasteiger partial charge in [-0.15, -0.1) is 11.3 Å². The molecule has 1 aliphatic rings. The van der Waals surface area contributed by atoms with Crippen LogP contribution in [0.1, 0.15) is 23.1 Å². The molecule has 2 heterocycles. The van der Waals surface area contributed by atoms with Crippen molar-refractivity contribution in [1.29, 1.82) is 0 Å². The van der Waals surface area contributed by atoms with E-state index in [1.54, 1.807) is 4.88 Å². The molecule has 0 saturated carbocycles. The third-order valence-corrected chi connectivity index (χ3v) is 4.46. The van der Waals surface area contributed by atoms with Crippen molar-refractivity contribution in [1.82, 2.24) is 10.2 Å². The molecule has 16 heavy (non-hydrogen) atoms. The van der Waals surface area contributed by atoms with E-state index < -0.39 is 0 Å². The first-order valence-electron chi connectivity index (χ1n) is 6.39. The summed E-state index contributed by atoms with van der Waals surface area (Å²) in [6.07, 6.45) is 3.75. The molecule has 1 aromatic heterocycles. The molecule has 0 radical (unpaired) electrons. The van der Waals surface area contributed by atoms with Crippen LogP contribution in [-0.2, 0) is 12.8 Å². The highest BCUT2D eigenvalue weighted by atomic mass is 32.1. The molecule has 1 aliphatic heterocycles. The van der Waals surface area contributed by atoms with Crippen molar-refractivity contribution < 1.29 is 0 Å². The topological polar surface area (TPSA) is 15.3 Å². The van der Waals surface area contributed by atoms with E-state index in [1.165, 1.54) is 56.9 Å². The monoisotopic (exact) mass is 238 g/mol. The number of rotatable bonds is 5. The van der Waals surface area contributed by atoms with Gasteiger partial charge in [0.05, 0.1) is 0 Å². The first-order valence-corrected chi connectivity index (χ1v) is 7.21. The molecule has 1 N–H and O–H groups in total. The second-order valence-corrected chi connectivity index (χ2v) is 5.67. The van der Waals surface area contributed by atoms with E-state index in [0.29, 0.717) is 0 Å². The van der Waals surface area contributed by atoms with Crippen LogP contribution in [0.2, 0.25) is 0 Å². The molecule has 0 amide bonds.